The molecule has 3 aromatic rings. The fraction of sp³-hybridized carbons (Fsp3) is 0.250. The number of aromatic nitrogens is 3. The van der Waals surface area contributed by atoms with Crippen LogP contribution in [0.3, 0.4) is 0 Å². The van der Waals surface area contributed by atoms with Crippen LogP contribution in [0.1, 0.15) is 38.9 Å². The molecule has 0 fully saturated rings. The summed E-state index contributed by atoms with van der Waals surface area (Å²) in [6, 6.07) is 3.39. The predicted octanol–water partition coefficient (Wildman–Crippen LogP) is 2.45. The second kappa shape index (κ2) is 6.40. The summed E-state index contributed by atoms with van der Waals surface area (Å²) < 4.78 is 0. The molecular formula is C16H16N4O3S. The lowest BCUT2D eigenvalue weighted by atomic mass is 10.1. The zero-order valence-corrected chi connectivity index (χ0v) is 14.0. The topological polar surface area (TPSA) is 108 Å². The molecular weight excluding hydrogens is 328 g/mol. The first kappa shape index (κ1) is 16.1. The number of nitrogens with zero attached hydrogens (tertiary/aromatic N) is 2. The van der Waals surface area contributed by atoms with Crippen molar-refractivity contribution in [1.82, 2.24) is 20.3 Å². The SMILES string of the molecule is Cc1nc(C(C)NC(=O)Cc2c[nH]c3ncccc23)sc1C(=O)O. The number of hydrogen-bond donors (Lipinski definition) is 3. The van der Waals surface area contributed by atoms with E-state index in [0.29, 0.717) is 10.7 Å². The number of pyridine rings is 1. The number of aromatic carboxylic acids is 1. The summed E-state index contributed by atoms with van der Waals surface area (Å²) in [5.41, 5.74) is 2.07. The number of carbonyl (C=O) groups excluding carboxylic acids is 1. The van der Waals surface area contributed by atoms with Crippen LogP contribution in [0, 0.1) is 6.92 Å². The lowest BCUT2D eigenvalue weighted by molar-refractivity contribution is -0.121. The van der Waals surface area contributed by atoms with Crippen LogP contribution in [0.4, 0.5) is 0 Å². The van der Waals surface area contributed by atoms with Crippen LogP contribution in [-0.4, -0.2) is 31.9 Å². The quantitative estimate of drug-likeness (QED) is 0.659. The number of carboxylic acid groups (broad SMARTS) is 1. The molecule has 0 aromatic carbocycles. The minimum absolute atomic E-state index is 0.156. The summed E-state index contributed by atoms with van der Waals surface area (Å²) in [6.45, 7) is 3.44. The molecule has 0 saturated heterocycles. The molecule has 1 unspecified atom stereocenters. The first-order valence-corrected chi connectivity index (χ1v) is 8.18. The van der Waals surface area contributed by atoms with Gasteiger partial charge < -0.3 is 15.4 Å². The van der Waals surface area contributed by atoms with Crippen molar-refractivity contribution < 1.29 is 14.7 Å². The average molecular weight is 344 g/mol. The van der Waals surface area contributed by atoms with E-state index < -0.39 is 5.97 Å². The number of amides is 1. The zero-order chi connectivity index (χ0) is 17.3. The molecule has 1 amide bonds. The molecule has 1 atom stereocenters. The number of hydrogen-bond acceptors (Lipinski definition) is 5. The van der Waals surface area contributed by atoms with Crippen molar-refractivity contribution in [3.05, 3.63) is 45.7 Å². The summed E-state index contributed by atoms with van der Waals surface area (Å²) in [4.78, 5) is 35.0. The summed E-state index contributed by atoms with van der Waals surface area (Å²) in [6.07, 6.45) is 3.68. The van der Waals surface area contributed by atoms with Gasteiger partial charge in [0.15, 0.2) is 0 Å². The molecule has 3 aromatic heterocycles. The van der Waals surface area contributed by atoms with Gasteiger partial charge in [-0.15, -0.1) is 11.3 Å². The van der Waals surface area contributed by atoms with Gasteiger partial charge >= 0.3 is 5.97 Å². The number of carboxylic acids is 1. The number of aromatic amines is 1. The van der Waals surface area contributed by atoms with Crippen LogP contribution in [0.5, 0.6) is 0 Å². The van der Waals surface area contributed by atoms with E-state index >= 15 is 0 Å². The second-order valence-corrected chi connectivity index (χ2v) is 6.48. The Morgan fingerprint density at radius 1 is 1.46 bits per heavy atom. The Kier molecular flexibility index (Phi) is 4.30. The first-order valence-electron chi connectivity index (χ1n) is 7.36. The molecule has 0 aliphatic heterocycles. The van der Waals surface area contributed by atoms with Gasteiger partial charge in [0.25, 0.3) is 0 Å². The number of aryl methyl sites for hydroxylation is 1. The third-order valence-corrected chi connectivity index (χ3v) is 4.97. The van der Waals surface area contributed by atoms with Crippen molar-refractivity contribution in [3.8, 4) is 0 Å². The summed E-state index contributed by atoms with van der Waals surface area (Å²) in [7, 11) is 0. The fourth-order valence-electron chi connectivity index (χ4n) is 2.49. The molecule has 124 valence electrons. The lowest BCUT2D eigenvalue weighted by Gasteiger charge is -2.10. The molecule has 24 heavy (non-hydrogen) atoms. The molecule has 0 radical (unpaired) electrons. The second-order valence-electron chi connectivity index (χ2n) is 5.45. The van der Waals surface area contributed by atoms with Crippen molar-refractivity contribution in [3.63, 3.8) is 0 Å². The number of H-pyrrole nitrogens is 1. The molecule has 0 bridgehead atoms. The lowest BCUT2D eigenvalue weighted by Crippen LogP contribution is -2.28. The molecule has 0 spiro atoms. The third kappa shape index (κ3) is 3.13. The van der Waals surface area contributed by atoms with E-state index in [9.17, 15) is 9.59 Å². The molecule has 3 N–H and O–H groups in total. The Morgan fingerprint density at radius 3 is 2.96 bits per heavy atom. The largest absolute Gasteiger partial charge is 0.477 e. The number of rotatable bonds is 5. The number of fused-ring (bicyclic) bond motifs is 1. The van der Waals surface area contributed by atoms with Crippen molar-refractivity contribution in [2.45, 2.75) is 26.3 Å². The van der Waals surface area contributed by atoms with Crippen LogP contribution in [0.25, 0.3) is 11.0 Å². The maximum absolute atomic E-state index is 12.3. The summed E-state index contributed by atoms with van der Waals surface area (Å²) >= 11 is 1.09. The highest BCUT2D eigenvalue weighted by molar-refractivity contribution is 7.13. The summed E-state index contributed by atoms with van der Waals surface area (Å²) in [5.74, 6) is -1.15. The molecule has 0 aliphatic rings. The Labute approximate surface area is 141 Å². The maximum atomic E-state index is 12.3. The van der Waals surface area contributed by atoms with Gasteiger partial charge in [0.05, 0.1) is 18.2 Å². The fourth-order valence-corrected chi connectivity index (χ4v) is 3.40. The van der Waals surface area contributed by atoms with E-state index in [2.05, 4.69) is 20.3 Å². The zero-order valence-electron chi connectivity index (χ0n) is 13.2. The molecule has 3 heterocycles. The van der Waals surface area contributed by atoms with Crippen LogP contribution < -0.4 is 5.32 Å². The summed E-state index contributed by atoms with van der Waals surface area (Å²) in [5, 5.41) is 13.4. The van der Waals surface area contributed by atoms with Crippen molar-refractivity contribution in [2.75, 3.05) is 0 Å². The van der Waals surface area contributed by atoms with Crippen molar-refractivity contribution >= 4 is 34.2 Å². The normalized spacial score (nSPS) is 12.2. The molecule has 3 rings (SSSR count). The van der Waals surface area contributed by atoms with Gasteiger partial charge in [-0.2, -0.15) is 0 Å². The number of thiazole rings is 1. The minimum atomic E-state index is -0.999. The van der Waals surface area contributed by atoms with Crippen LogP contribution in [-0.2, 0) is 11.2 Å². The Morgan fingerprint density at radius 2 is 2.25 bits per heavy atom. The van der Waals surface area contributed by atoms with E-state index in [1.54, 1.807) is 26.2 Å². The monoisotopic (exact) mass is 344 g/mol. The van der Waals surface area contributed by atoms with Gasteiger partial charge in [0, 0.05) is 17.8 Å². The van der Waals surface area contributed by atoms with E-state index in [1.165, 1.54) is 0 Å². The average Bonchev–Trinajstić information content (AvgIpc) is 3.11. The highest BCUT2D eigenvalue weighted by atomic mass is 32.1. The predicted molar refractivity (Wildman–Crippen MR) is 90.2 cm³/mol. The Bertz CT molecular complexity index is 915. The maximum Gasteiger partial charge on any atom is 0.347 e. The number of carbonyl (C=O) groups is 2. The smallest absolute Gasteiger partial charge is 0.347 e. The van der Waals surface area contributed by atoms with E-state index in [1.807, 2.05) is 12.1 Å². The van der Waals surface area contributed by atoms with Gasteiger partial charge in [-0.25, -0.2) is 14.8 Å². The van der Waals surface area contributed by atoms with Gasteiger partial charge in [-0.05, 0) is 31.5 Å². The van der Waals surface area contributed by atoms with E-state index in [-0.39, 0.29) is 23.2 Å². The van der Waals surface area contributed by atoms with Crippen molar-refractivity contribution in [2.24, 2.45) is 0 Å². The van der Waals surface area contributed by atoms with Crippen LogP contribution in [0.2, 0.25) is 0 Å². The van der Waals surface area contributed by atoms with Crippen LogP contribution in [0.15, 0.2) is 24.5 Å². The minimum Gasteiger partial charge on any atom is -0.477 e. The number of nitrogens with one attached hydrogen (secondary N) is 2. The molecule has 7 nitrogen and oxygen atoms in total. The third-order valence-electron chi connectivity index (χ3n) is 3.64. The molecule has 8 heteroatoms. The highest BCUT2D eigenvalue weighted by Crippen LogP contribution is 2.24. The van der Waals surface area contributed by atoms with Gasteiger partial charge in [0.1, 0.15) is 15.5 Å². The van der Waals surface area contributed by atoms with E-state index in [4.69, 9.17) is 5.11 Å². The van der Waals surface area contributed by atoms with Gasteiger partial charge in [-0.1, -0.05) is 0 Å². The molecule has 0 aliphatic carbocycles. The Hall–Kier alpha value is -2.74. The standard InChI is InChI=1S/C16H16N4O3S/c1-8-13(16(22)23)24-15(20-8)9(2)19-12(21)6-10-7-18-14-11(10)4-3-5-17-14/h3-5,7,9H,6H2,1-2H3,(H,17,18)(H,19,21)(H,22,23). The van der Waals surface area contributed by atoms with E-state index in [0.717, 1.165) is 27.9 Å². The van der Waals surface area contributed by atoms with Crippen LogP contribution >= 0.6 is 11.3 Å². The Balaban J connectivity index is 1.70. The van der Waals surface area contributed by atoms with Gasteiger partial charge in [-0.3, -0.25) is 4.79 Å². The molecule has 0 saturated carbocycles. The van der Waals surface area contributed by atoms with Gasteiger partial charge in [0.2, 0.25) is 5.91 Å². The van der Waals surface area contributed by atoms with Crippen molar-refractivity contribution in [1.29, 1.82) is 0 Å². The highest BCUT2D eigenvalue weighted by Gasteiger charge is 2.19. The first-order chi connectivity index (χ1) is 11.5.